The van der Waals surface area contributed by atoms with Crippen LogP contribution in [-0.4, -0.2) is 40.7 Å². The van der Waals surface area contributed by atoms with Crippen LogP contribution in [0.2, 0.25) is 0 Å². The van der Waals surface area contributed by atoms with Crippen LogP contribution in [-0.2, 0) is 14.4 Å². The van der Waals surface area contributed by atoms with Gasteiger partial charge in [-0.1, -0.05) is 18.9 Å². The quantitative estimate of drug-likeness (QED) is 0.662. The molecule has 3 rings (SSSR count). The summed E-state index contributed by atoms with van der Waals surface area (Å²) >= 11 is 5.08. The van der Waals surface area contributed by atoms with Gasteiger partial charge in [-0.2, -0.15) is 11.8 Å². The highest BCUT2D eigenvalue weighted by molar-refractivity contribution is 9.10. The van der Waals surface area contributed by atoms with Crippen molar-refractivity contribution in [2.45, 2.75) is 45.1 Å². The molecule has 7 heteroatoms. The van der Waals surface area contributed by atoms with Gasteiger partial charge in [0.2, 0.25) is 17.7 Å². The largest absolute Gasteiger partial charge is 0.323 e. The maximum atomic E-state index is 13.1. The van der Waals surface area contributed by atoms with E-state index < -0.39 is 6.04 Å². The minimum atomic E-state index is -0.753. The molecule has 0 bridgehead atoms. The van der Waals surface area contributed by atoms with E-state index in [2.05, 4.69) is 21.2 Å². The number of carbonyl (C=O) groups is 3. The van der Waals surface area contributed by atoms with Crippen molar-refractivity contribution < 1.29 is 14.4 Å². The summed E-state index contributed by atoms with van der Waals surface area (Å²) in [5.74, 6) is -0.375. The van der Waals surface area contributed by atoms with Crippen molar-refractivity contribution in [3.63, 3.8) is 0 Å². The second-order valence-electron chi connectivity index (χ2n) is 7.31. The molecule has 1 aromatic carbocycles. The zero-order chi connectivity index (χ0) is 19.6. The number of nitrogens with one attached hydrogen (secondary N) is 1. The molecule has 5 nitrogen and oxygen atoms in total. The van der Waals surface area contributed by atoms with Gasteiger partial charge in [-0.05, 0) is 71.8 Å². The molecule has 0 spiro atoms. The molecule has 1 aromatic rings. The van der Waals surface area contributed by atoms with Crippen molar-refractivity contribution in [1.29, 1.82) is 0 Å². The number of amides is 3. The lowest BCUT2D eigenvalue weighted by Gasteiger charge is -2.26. The number of hydrogen-bond donors (Lipinski definition) is 1. The fourth-order valence-electron chi connectivity index (χ4n) is 4.04. The predicted octanol–water partition coefficient (Wildman–Crippen LogP) is 3.99. The van der Waals surface area contributed by atoms with Crippen molar-refractivity contribution >= 4 is 51.1 Å². The number of likely N-dealkylation sites (tertiary alicyclic amines) is 1. The van der Waals surface area contributed by atoms with Crippen LogP contribution in [0.3, 0.4) is 0 Å². The van der Waals surface area contributed by atoms with E-state index in [4.69, 9.17) is 0 Å². The molecule has 1 aliphatic heterocycles. The summed E-state index contributed by atoms with van der Waals surface area (Å²) < 4.78 is 0.784. The zero-order valence-electron chi connectivity index (χ0n) is 15.7. The number of anilines is 1. The highest BCUT2D eigenvalue weighted by atomic mass is 79.9. The minimum Gasteiger partial charge on any atom is -0.323 e. The molecule has 0 aromatic heterocycles. The smallest absolute Gasteiger partial charge is 0.247 e. The number of rotatable bonds is 6. The molecule has 1 heterocycles. The summed E-state index contributed by atoms with van der Waals surface area (Å²) in [4.78, 5) is 40.2. The van der Waals surface area contributed by atoms with E-state index in [-0.39, 0.29) is 29.6 Å². The van der Waals surface area contributed by atoms with Gasteiger partial charge in [0.25, 0.3) is 0 Å². The Labute approximate surface area is 172 Å². The first-order valence-corrected chi connectivity index (χ1v) is 11.6. The van der Waals surface area contributed by atoms with Crippen molar-refractivity contribution in [2.24, 2.45) is 11.8 Å². The molecule has 3 unspecified atom stereocenters. The Balaban J connectivity index is 1.83. The molecular formula is C20H25BrN2O3S. The highest BCUT2D eigenvalue weighted by Crippen LogP contribution is 2.39. The lowest BCUT2D eigenvalue weighted by atomic mass is 9.81. The third kappa shape index (κ3) is 4.24. The van der Waals surface area contributed by atoms with E-state index >= 15 is 0 Å². The highest BCUT2D eigenvalue weighted by Gasteiger charge is 2.51. The summed E-state index contributed by atoms with van der Waals surface area (Å²) in [6.45, 7) is 1.97. The van der Waals surface area contributed by atoms with E-state index in [1.165, 1.54) is 4.90 Å². The molecule has 2 aliphatic rings. The molecule has 2 fully saturated rings. The number of thioether (sulfide) groups is 1. The van der Waals surface area contributed by atoms with Gasteiger partial charge in [-0.25, -0.2) is 0 Å². The van der Waals surface area contributed by atoms with Crippen molar-refractivity contribution in [2.75, 3.05) is 17.3 Å². The number of hydrogen-bond acceptors (Lipinski definition) is 4. The lowest BCUT2D eigenvalue weighted by molar-refractivity contribution is -0.146. The van der Waals surface area contributed by atoms with Gasteiger partial charge in [0, 0.05) is 4.47 Å². The number of aryl methyl sites for hydroxylation is 1. The third-order valence-corrected chi connectivity index (χ3v) is 6.77. The summed E-state index contributed by atoms with van der Waals surface area (Å²) in [7, 11) is 0. The van der Waals surface area contributed by atoms with E-state index in [0.717, 1.165) is 35.7 Å². The summed E-state index contributed by atoms with van der Waals surface area (Å²) in [6.07, 6.45) is 5.89. The van der Waals surface area contributed by atoms with Gasteiger partial charge >= 0.3 is 0 Å². The van der Waals surface area contributed by atoms with Crippen LogP contribution in [0.25, 0.3) is 0 Å². The molecular weight excluding hydrogens is 428 g/mol. The molecule has 1 saturated carbocycles. The van der Waals surface area contributed by atoms with Crippen LogP contribution >= 0.6 is 27.7 Å². The Kier molecular flexibility index (Phi) is 6.63. The molecule has 27 heavy (non-hydrogen) atoms. The van der Waals surface area contributed by atoms with Gasteiger partial charge in [0.1, 0.15) is 6.04 Å². The van der Waals surface area contributed by atoms with E-state index in [1.54, 1.807) is 11.8 Å². The molecule has 146 valence electrons. The normalized spacial score (nSPS) is 23.3. The standard InChI is InChI=1S/C20H25BrN2O3S/c1-12-7-8-16(15(21)11-12)22-18(24)17(9-10-27-2)23-19(25)13-5-3-4-6-14(13)20(23)26/h7-8,11,13-14,17H,3-6,9-10H2,1-2H3,(H,22,24). The van der Waals surface area contributed by atoms with Crippen LogP contribution in [0.5, 0.6) is 0 Å². The SMILES string of the molecule is CSCCC(C(=O)Nc1ccc(C)cc1Br)N1C(=O)C2CCCCC2C1=O. The molecule has 1 N–H and O–H groups in total. The Morgan fingerprint density at radius 2 is 1.89 bits per heavy atom. The number of fused-ring (bicyclic) bond motifs is 1. The van der Waals surface area contributed by atoms with E-state index in [1.807, 2.05) is 31.4 Å². The number of nitrogens with zero attached hydrogens (tertiary/aromatic N) is 1. The van der Waals surface area contributed by atoms with E-state index in [9.17, 15) is 14.4 Å². The van der Waals surface area contributed by atoms with Crippen LogP contribution < -0.4 is 5.32 Å². The number of imide groups is 1. The van der Waals surface area contributed by atoms with Crippen LogP contribution in [0.15, 0.2) is 22.7 Å². The Morgan fingerprint density at radius 3 is 2.44 bits per heavy atom. The monoisotopic (exact) mass is 452 g/mol. The fourth-order valence-corrected chi connectivity index (χ4v) is 5.09. The van der Waals surface area contributed by atoms with Crippen LogP contribution in [0.4, 0.5) is 5.69 Å². The topological polar surface area (TPSA) is 66.5 Å². The first kappa shape index (κ1) is 20.4. The molecule has 3 amide bonds. The maximum absolute atomic E-state index is 13.1. The van der Waals surface area contributed by atoms with E-state index in [0.29, 0.717) is 17.9 Å². The fraction of sp³-hybridized carbons (Fsp3) is 0.550. The van der Waals surface area contributed by atoms with Crippen LogP contribution in [0.1, 0.15) is 37.7 Å². The maximum Gasteiger partial charge on any atom is 0.247 e. The van der Waals surface area contributed by atoms with Crippen molar-refractivity contribution in [3.8, 4) is 0 Å². The third-order valence-electron chi connectivity index (χ3n) is 5.47. The average molecular weight is 453 g/mol. The summed E-state index contributed by atoms with van der Waals surface area (Å²) in [5, 5.41) is 2.90. The van der Waals surface area contributed by atoms with Gasteiger partial charge in [0.15, 0.2) is 0 Å². The Hall–Kier alpha value is -1.34. The second kappa shape index (κ2) is 8.78. The molecule has 1 aliphatic carbocycles. The zero-order valence-corrected chi connectivity index (χ0v) is 18.1. The van der Waals surface area contributed by atoms with Gasteiger partial charge in [0.05, 0.1) is 17.5 Å². The first-order valence-electron chi connectivity index (χ1n) is 9.37. The second-order valence-corrected chi connectivity index (χ2v) is 9.15. The van der Waals surface area contributed by atoms with Crippen molar-refractivity contribution in [1.82, 2.24) is 4.90 Å². The molecule has 3 atom stereocenters. The lowest BCUT2D eigenvalue weighted by Crippen LogP contribution is -2.48. The Bertz CT molecular complexity index is 731. The van der Waals surface area contributed by atoms with Crippen molar-refractivity contribution in [3.05, 3.63) is 28.2 Å². The average Bonchev–Trinajstić information content (AvgIpc) is 2.90. The summed E-state index contributed by atoms with van der Waals surface area (Å²) in [6, 6.07) is 4.91. The first-order chi connectivity index (χ1) is 12.9. The number of carbonyl (C=O) groups excluding carboxylic acids is 3. The minimum absolute atomic E-state index is 0.158. The van der Waals surface area contributed by atoms with Gasteiger partial charge in [-0.3, -0.25) is 19.3 Å². The van der Waals surface area contributed by atoms with Crippen LogP contribution in [0, 0.1) is 18.8 Å². The summed E-state index contributed by atoms with van der Waals surface area (Å²) in [5.41, 5.74) is 1.73. The number of halogens is 1. The van der Waals surface area contributed by atoms with Gasteiger partial charge in [-0.15, -0.1) is 0 Å². The number of benzene rings is 1. The van der Waals surface area contributed by atoms with Gasteiger partial charge < -0.3 is 5.32 Å². The molecule has 0 radical (unpaired) electrons. The Morgan fingerprint density at radius 1 is 1.26 bits per heavy atom. The predicted molar refractivity (Wildman–Crippen MR) is 112 cm³/mol. The molecule has 1 saturated heterocycles.